The zero-order valence-electron chi connectivity index (χ0n) is 30.4. The van der Waals surface area contributed by atoms with Crippen LogP contribution < -0.4 is 16.8 Å². The summed E-state index contributed by atoms with van der Waals surface area (Å²) in [7, 11) is 1.85. The number of nitrogen functional groups attached to an aromatic ring is 2. The quantitative estimate of drug-likeness (QED) is 0.196. The van der Waals surface area contributed by atoms with Crippen LogP contribution in [0.3, 0.4) is 0 Å². The molecule has 254 valence electrons. The third-order valence-electron chi connectivity index (χ3n) is 7.78. The van der Waals surface area contributed by atoms with E-state index in [2.05, 4.69) is 113 Å². The molecule has 4 aromatic rings. The van der Waals surface area contributed by atoms with E-state index in [4.69, 9.17) is 23.1 Å². The SMILES string of the molecule is CC(C)C1N=Nc2ccccc21.CNc1cc(C(C)C)c(Cl)cn1.Cc1cc(N)nc(C(C)C)c1C.Cc1ccc(N)nc1C(C)C. The highest BCUT2D eigenvalue weighted by molar-refractivity contribution is 6.31. The summed E-state index contributed by atoms with van der Waals surface area (Å²) in [5.74, 6) is 3.99. The number of aromatic nitrogens is 3. The van der Waals surface area contributed by atoms with Crippen molar-refractivity contribution in [2.24, 2.45) is 16.1 Å². The lowest BCUT2D eigenvalue weighted by Gasteiger charge is -2.11. The highest BCUT2D eigenvalue weighted by atomic mass is 35.5. The van der Waals surface area contributed by atoms with Crippen molar-refractivity contribution in [3.63, 3.8) is 0 Å². The fourth-order valence-corrected chi connectivity index (χ4v) is 5.36. The van der Waals surface area contributed by atoms with Gasteiger partial charge in [0.25, 0.3) is 0 Å². The van der Waals surface area contributed by atoms with E-state index in [-0.39, 0.29) is 6.04 Å². The Morgan fingerprint density at radius 1 is 0.745 bits per heavy atom. The van der Waals surface area contributed by atoms with Gasteiger partial charge in [0.2, 0.25) is 0 Å². The number of nitrogens with two attached hydrogens (primary N) is 2. The first kappa shape index (κ1) is 39.1. The molecule has 47 heavy (non-hydrogen) atoms. The van der Waals surface area contributed by atoms with Crippen molar-refractivity contribution in [1.29, 1.82) is 0 Å². The smallest absolute Gasteiger partial charge is 0.126 e. The van der Waals surface area contributed by atoms with E-state index in [0.717, 1.165) is 33.5 Å². The highest BCUT2D eigenvalue weighted by Crippen LogP contribution is 2.39. The average molecular weight is 659 g/mol. The molecule has 0 fully saturated rings. The van der Waals surface area contributed by atoms with Crippen molar-refractivity contribution in [3.8, 4) is 0 Å². The molecule has 1 unspecified atom stereocenters. The largest absolute Gasteiger partial charge is 0.384 e. The Balaban J connectivity index is 0.000000218. The Morgan fingerprint density at radius 2 is 1.36 bits per heavy atom. The number of anilines is 3. The minimum absolute atomic E-state index is 0.279. The van der Waals surface area contributed by atoms with Crippen LogP contribution in [0.1, 0.15) is 118 Å². The minimum Gasteiger partial charge on any atom is -0.384 e. The first-order valence-corrected chi connectivity index (χ1v) is 16.7. The summed E-state index contributed by atoms with van der Waals surface area (Å²) in [4.78, 5) is 12.7. The number of azo groups is 1. The van der Waals surface area contributed by atoms with Crippen LogP contribution in [0.4, 0.5) is 23.1 Å². The van der Waals surface area contributed by atoms with E-state index in [1.807, 2.05) is 49.5 Å². The predicted octanol–water partition coefficient (Wildman–Crippen LogP) is 10.9. The number of halogens is 1. The van der Waals surface area contributed by atoms with E-state index < -0.39 is 0 Å². The first-order valence-electron chi connectivity index (χ1n) is 16.4. The Hall–Kier alpha value is -4.04. The van der Waals surface area contributed by atoms with Gasteiger partial charge in [-0.25, -0.2) is 15.0 Å². The fraction of sp³-hybridized carbons (Fsp3) is 0.447. The maximum absolute atomic E-state index is 5.96. The average Bonchev–Trinajstić information content (AvgIpc) is 3.46. The zero-order chi connectivity index (χ0) is 35.4. The topological polar surface area (TPSA) is 127 Å². The molecule has 0 saturated heterocycles. The third kappa shape index (κ3) is 11.6. The van der Waals surface area contributed by atoms with E-state index in [0.29, 0.717) is 35.3 Å². The summed E-state index contributed by atoms with van der Waals surface area (Å²) in [6.07, 6.45) is 1.68. The second-order valence-corrected chi connectivity index (χ2v) is 13.5. The van der Waals surface area contributed by atoms with Crippen LogP contribution in [0, 0.1) is 26.7 Å². The van der Waals surface area contributed by atoms with Gasteiger partial charge in [0.05, 0.1) is 10.7 Å². The van der Waals surface area contributed by atoms with Gasteiger partial charge in [-0.15, -0.1) is 0 Å². The van der Waals surface area contributed by atoms with Crippen LogP contribution in [0.25, 0.3) is 0 Å². The van der Waals surface area contributed by atoms with Crippen molar-refractivity contribution in [3.05, 3.63) is 99.0 Å². The Kier molecular flexibility index (Phi) is 15.3. The number of pyridine rings is 3. The van der Waals surface area contributed by atoms with E-state index in [9.17, 15) is 0 Å². The van der Waals surface area contributed by atoms with Gasteiger partial charge in [0.15, 0.2) is 0 Å². The lowest BCUT2D eigenvalue weighted by Crippen LogP contribution is -2.02. The van der Waals surface area contributed by atoms with Gasteiger partial charge in [-0.2, -0.15) is 10.2 Å². The monoisotopic (exact) mass is 658 g/mol. The van der Waals surface area contributed by atoms with E-state index in [1.165, 1.54) is 22.3 Å². The summed E-state index contributed by atoms with van der Waals surface area (Å²) in [5.41, 5.74) is 20.6. The molecule has 0 saturated carbocycles. The Labute approximate surface area is 287 Å². The molecule has 1 aliphatic heterocycles. The molecule has 0 spiro atoms. The third-order valence-corrected chi connectivity index (χ3v) is 8.10. The molecular formula is C38H55ClN8. The second-order valence-electron chi connectivity index (χ2n) is 13.1. The predicted molar refractivity (Wildman–Crippen MR) is 201 cm³/mol. The molecule has 5 rings (SSSR count). The Morgan fingerprint density at radius 3 is 1.91 bits per heavy atom. The maximum Gasteiger partial charge on any atom is 0.126 e. The molecule has 0 amide bonds. The normalized spacial score (nSPS) is 13.0. The van der Waals surface area contributed by atoms with Gasteiger partial charge < -0.3 is 16.8 Å². The van der Waals surface area contributed by atoms with Gasteiger partial charge in [-0.3, -0.25) is 0 Å². The van der Waals surface area contributed by atoms with Crippen LogP contribution in [0.2, 0.25) is 5.02 Å². The van der Waals surface area contributed by atoms with E-state index in [1.54, 1.807) is 6.20 Å². The number of hydrogen-bond donors (Lipinski definition) is 3. The van der Waals surface area contributed by atoms with Gasteiger partial charge in [0.1, 0.15) is 23.5 Å². The van der Waals surface area contributed by atoms with Crippen LogP contribution >= 0.6 is 11.6 Å². The van der Waals surface area contributed by atoms with Gasteiger partial charge in [0, 0.05) is 30.2 Å². The molecule has 1 aliphatic rings. The Bertz CT molecular complexity index is 1610. The van der Waals surface area contributed by atoms with Gasteiger partial charge in [-0.1, -0.05) is 91.3 Å². The summed E-state index contributed by atoms with van der Waals surface area (Å²) >= 11 is 5.96. The molecular weight excluding hydrogens is 604 g/mol. The van der Waals surface area contributed by atoms with Crippen LogP contribution in [0.5, 0.6) is 0 Å². The van der Waals surface area contributed by atoms with Gasteiger partial charge >= 0.3 is 0 Å². The molecule has 0 radical (unpaired) electrons. The van der Waals surface area contributed by atoms with Crippen LogP contribution in [0.15, 0.2) is 65.0 Å². The molecule has 4 heterocycles. The lowest BCUT2D eigenvalue weighted by atomic mass is 9.97. The van der Waals surface area contributed by atoms with Crippen molar-refractivity contribution in [2.75, 3.05) is 23.8 Å². The molecule has 5 N–H and O–H groups in total. The maximum atomic E-state index is 5.96. The molecule has 1 aromatic carbocycles. The molecule has 1 atom stereocenters. The van der Waals surface area contributed by atoms with E-state index >= 15 is 0 Å². The molecule has 3 aromatic heterocycles. The van der Waals surface area contributed by atoms with Gasteiger partial charge in [-0.05, 0) is 91.0 Å². The summed E-state index contributed by atoms with van der Waals surface area (Å²) in [6, 6.07) is 16.2. The molecule has 0 aliphatic carbocycles. The number of fused-ring (bicyclic) bond motifs is 1. The van der Waals surface area contributed by atoms with Crippen molar-refractivity contribution >= 4 is 34.7 Å². The highest BCUT2D eigenvalue weighted by Gasteiger charge is 2.22. The second kappa shape index (κ2) is 18.3. The number of nitrogens with zero attached hydrogens (tertiary/aromatic N) is 5. The summed E-state index contributed by atoms with van der Waals surface area (Å²) < 4.78 is 0. The number of rotatable bonds is 5. The number of benzene rings is 1. The zero-order valence-corrected chi connectivity index (χ0v) is 31.1. The van der Waals surface area contributed by atoms with Crippen LogP contribution in [-0.2, 0) is 0 Å². The fourth-order valence-electron chi connectivity index (χ4n) is 5.04. The minimum atomic E-state index is 0.279. The summed E-state index contributed by atoms with van der Waals surface area (Å²) in [6.45, 7) is 23.3. The molecule has 8 nitrogen and oxygen atoms in total. The van der Waals surface area contributed by atoms with Crippen molar-refractivity contribution in [1.82, 2.24) is 15.0 Å². The van der Waals surface area contributed by atoms with Crippen molar-refractivity contribution < 1.29 is 0 Å². The number of aryl methyl sites for hydroxylation is 2. The molecule has 9 heteroatoms. The summed E-state index contributed by atoms with van der Waals surface area (Å²) in [5, 5.41) is 12.1. The number of nitrogens with one attached hydrogen (secondary N) is 1. The first-order chi connectivity index (χ1) is 22.1. The lowest BCUT2D eigenvalue weighted by molar-refractivity contribution is 0.515. The van der Waals surface area contributed by atoms with Crippen molar-refractivity contribution in [2.45, 2.75) is 100.0 Å². The standard InChI is InChI=1S/C10H12N2.C10H16N2.C9H13ClN2.C9H14N2/c1-7(2)10-8-5-3-4-6-9(8)11-12-10;1-6(2)10-8(4)7(3)5-9(11)12-10;1-6(2)7-4-9(11-3)12-5-8(7)10;1-6(2)9-7(3)4-5-8(10)11-9/h3-7,10H,1-2H3;5-6H,1-4H3,(H2,11,12);4-6H,1-3H3,(H,11,12);4-6H,1-3H3,(H2,10,11). The van der Waals surface area contributed by atoms with Crippen LogP contribution in [-0.4, -0.2) is 22.0 Å². The number of hydrogen-bond acceptors (Lipinski definition) is 8. The molecule has 0 bridgehead atoms.